The number of carbonyl (C=O) groups excluding carboxylic acids is 1. The van der Waals surface area contributed by atoms with Crippen molar-refractivity contribution in [1.82, 2.24) is 0 Å². The van der Waals surface area contributed by atoms with Crippen LogP contribution in [0.1, 0.15) is 72.1 Å². The van der Waals surface area contributed by atoms with Crippen molar-refractivity contribution in [2.45, 2.75) is 78.2 Å². The molecular formula is C23H33IO2. The number of fused-ring (bicyclic) bond motifs is 5. The summed E-state index contributed by atoms with van der Waals surface area (Å²) in [6.07, 6.45) is 12.5. The molecule has 2 nitrogen and oxygen atoms in total. The van der Waals surface area contributed by atoms with Crippen molar-refractivity contribution in [2.75, 3.05) is 0 Å². The predicted molar refractivity (Wildman–Crippen MR) is 114 cm³/mol. The van der Waals surface area contributed by atoms with E-state index in [1.807, 2.05) is 0 Å². The van der Waals surface area contributed by atoms with Crippen LogP contribution in [0.25, 0.3) is 0 Å². The Kier molecular flexibility index (Phi) is 4.85. The fourth-order valence-electron chi connectivity index (χ4n) is 7.48. The lowest BCUT2D eigenvalue weighted by molar-refractivity contribution is -0.148. The van der Waals surface area contributed by atoms with Crippen LogP contribution in [0.5, 0.6) is 0 Å². The van der Waals surface area contributed by atoms with Gasteiger partial charge < -0.3 is 4.74 Å². The molecule has 0 spiro atoms. The van der Waals surface area contributed by atoms with Crippen molar-refractivity contribution in [3.63, 3.8) is 0 Å². The largest absolute Gasteiger partial charge is 0.462 e. The first-order chi connectivity index (χ1) is 12.3. The Balaban J connectivity index is 1.59. The standard InChI is InChI=1S/C23H33IO2/c1-14(24)19-7-8-20-18-6-5-16-13-17(26-15(2)25)9-11-22(16,3)21(18)10-12-23(19,20)4/h5,17-21H,1,6-13H2,2-4H3/t17-,18?,19+,20?,21?,22-,23+/m0/s1. The van der Waals surface area contributed by atoms with Crippen LogP contribution in [-0.2, 0) is 9.53 Å². The molecule has 0 aromatic heterocycles. The van der Waals surface area contributed by atoms with Gasteiger partial charge in [-0.3, -0.25) is 4.79 Å². The molecule has 4 rings (SSSR count). The molecular weight excluding hydrogens is 435 g/mol. The molecule has 144 valence electrons. The summed E-state index contributed by atoms with van der Waals surface area (Å²) in [6, 6.07) is 0. The van der Waals surface area contributed by atoms with Crippen LogP contribution in [0.4, 0.5) is 0 Å². The molecule has 26 heavy (non-hydrogen) atoms. The molecule has 7 atom stereocenters. The fraction of sp³-hybridized carbons (Fsp3) is 0.783. The van der Waals surface area contributed by atoms with Gasteiger partial charge in [0.15, 0.2) is 0 Å². The van der Waals surface area contributed by atoms with Crippen LogP contribution in [0.2, 0.25) is 0 Å². The van der Waals surface area contributed by atoms with E-state index in [-0.39, 0.29) is 12.1 Å². The molecule has 3 saturated carbocycles. The Hall–Kier alpha value is -0.320. The molecule has 4 aliphatic carbocycles. The smallest absolute Gasteiger partial charge is 0.302 e. The highest BCUT2D eigenvalue weighted by Crippen LogP contribution is 2.67. The first-order valence-corrected chi connectivity index (χ1v) is 11.5. The van der Waals surface area contributed by atoms with Gasteiger partial charge in [-0.1, -0.05) is 32.1 Å². The summed E-state index contributed by atoms with van der Waals surface area (Å²) in [5.41, 5.74) is 2.39. The predicted octanol–water partition coefficient (Wildman–Crippen LogP) is 6.45. The molecule has 0 aromatic carbocycles. The van der Waals surface area contributed by atoms with E-state index in [0.29, 0.717) is 16.7 Å². The van der Waals surface area contributed by atoms with Crippen molar-refractivity contribution in [3.05, 3.63) is 21.8 Å². The van der Waals surface area contributed by atoms with E-state index in [4.69, 9.17) is 4.74 Å². The summed E-state index contributed by atoms with van der Waals surface area (Å²) in [5.74, 6) is 3.11. The summed E-state index contributed by atoms with van der Waals surface area (Å²) in [4.78, 5) is 11.4. The monoisotopic (exact) mass is 468 g/mol. The Labute approximate surface area is 172 Å². The van der Waals surface area contributed by atoms with Gasteiger partial charge in [0.25, 0.3) is 0 Å². The zero-order valence-electron chi connectivity index (χ0n) is 16.5. The van der Waals surface area contributed by atoms with Crippen molar-refractivity contribution in [2.24, 2.45) is 34.5 Å². The summed E-state index contributed by atoms with van der Waals surface area (Å²) < 4.78 is 6.94. The lowest BCUT2D eigenvalue weighted by Gasteiger charge is -2.58. The van der Waals surface area contributed by atoms with E-state index in [1.54, 1.807) is 12.5 Å². The van der Waals surface area contributed by atoms with E-state index < -0.39 is 0 Å². The molecule has 0 aromatic rings. The van der Waals surface area contributed by atoms with Crippen molar-refractivity contribution in [1.29, 1.82) is 0 Å². The van der Waals surface area contributed by atoms with Gasteiger partial charge in [-0.2, -0.15) is 0 Å². The van der Waals surface area contributed by atoms with Gasteiger partial charge in [0.05, 0.1) is 0 Å². The molecule has 0 aliphatic heterocycles. The summed E-state index contributed by atoms with van der Waals surface area (Å²) in [5, 5.41) is 0. The molecule has 0 heterocycles. The zero-order chi connectivity index (χ0) is 18.7. The number of hydrogen-bond acceptors (Lipinski definition) is 2. The second kappa shape index (κ2) is 6.63. The maximum Gasteiger partial charge on any atom is 0.302 e. The number of carbonyl (C=O) groups is 1. The van der Waals surface area contributed by atoms with Crippen molar-refractivity contribution in [3.8, 4) is 0 Å². The number of rotatable bonds is 2. The Bertz CT molecular complexity index is 653. The second-order valence-corrected chi connectivity index (χ2v) is 11.2. The van der Waals surface area contributed by atoms with Crippen molar-refractivity contribution < 1.29 is 9.53 Å². The van der Waals surface area contributed by atoms with E-state index in [2.05, 4.69) is 49.1 Å². The molecule has 0 radical (unpaired) electrons. The quantitative estimate of drug-likeness (QED) is 0.265. The van der Waals surface area contributed by atoms with Crippen LogP contribution in [0.3, 0.4) is 0 Å². The van der Waals surface area contributed by atoms with Crippen molar-refractivity contribution >= 4 is 28.6 Å². The third-order valence-corrected chi connectivity index (χ3v) is 9.52. The lowest BCUT2D eigenvalue weighted by Crippen LogP contribution is -2.50. The highest BCUT2D eigenvalue weighted by Gasteiger charge is 2.58. The molecule has 3 fully saturated rings. The Morgan fingerprint density at radius 2 is 1.96 bits per heavy atom. The minimum absolute atomic E-state index is 0.107. The first-order valence-electron chi connectivity index (χ1n) is 10.5. The van der Waals surface area contributed by atoms with Gasteiger partial charge in [-0.05, 0) is 106 Å². The van der Waals surface area contributed by atoms with Gasteiger partial charge in [-0.25, -0.2) is 0 Å². The van der Waals surface area contributed by atoms with Gasteiger partial charge in [0, 0.05) is 13.3 Å². The summed E-state index contributed by atoms with van der Waals surface area (Å²) >= 11 is 2.49. The number of allylic oxidation sites excluding steroid dienone is 2. The van der Waals surface area contributed by atoms with Gasteiger partial charge >= 0.3 is 5.97 Å². The SMILES string of the molecule is C=C(I)[C@H]1CCC2C3CC=C4C[C@@H](OC(C)=O)CC[C@]4(C)C3CC[C@@]21C. The number of halogens is 1. The number of ether oxygens (including phenoxy) is 1. The average molecular weight is 468 g/mol. The first kappa shape index (κ1) is 19.0. The van der Waals surface area contributed by atoms with Crippen LogP contribution in [-0.4, -0.2) is 12.1 Å². The maximum atomic E-state index is 11.4. The molecule has 0 N–H and O–H groups in total. The minimum atomic E-state index is -0.127. The fourth-order valence-corrected chi connectivity index (χ4v) is 8.50. The van der Waals surface area contributed by atoms with Crippen LogP contribution in [0.15, 0.2) is 21.8 Å². The van der Waals surface area contributed by atoms with E-state index in [1.165, 1.54) is 42.1 Å². The summed E-state index contributed by atoms with van der Waals surface area (Å²) in [7, 11) is 0. The van der Waals surface area contributed by atoms with E-state index in [0.717, 1.165) is 30.6 Å². The van der Waals surface area contributed by atoms with Gasteiger partial charge in [0.1, 0.15) is 6.10 Å². The third-order valence-electron chi connectivity index (χ3n) is 8.77. The third kappa shape index (κ3) is 2.82. The molecule has 0 saturated heterocycles. The van der Waals surface area contributed by atoms with Crippen LogP contribution < -0.4 is 0 Å². The van der Waals surface area contributed by atoms with E-state index in [9.17, 15) is 4.79 Å². The average Bonchev–Trinajstić information content (AvgIpc) is 2.92. The Morgan fingerprint density at radius 1 is 1.19 bits per heavy atom. The molecule has 0 amide bonds. The van der Waals surface area contributed by atoms with Gasteiger partial charge in [-0.15, -0.1) is 0 Å². The zero-order valence-corrected chi connectivity index (χ0v) is 18.7. The Morgan fingerprint density at radius 3 is 2.65 bits per heavy atom. The molecule has 0 bridgehead atoms. The second-order valence-electron chi connectivity index (χ2n) is 9.85. The van der Waals surface area contributed by atoms with Crippen LogP contribution >= 0.6 is 22.6 Å². The number of hydrogen-bond donors (Lipinski definition) is 0. The normalized spacial score (nSPS) is 47.2. The molecule has 3 heteroatoms. The maximum absolute atomic E-state index is 11.4. The lowest BCUT2D eigenvalue weighted by atomic mass is 9.47. The van der Waals surface area contributed by atoms with E-state index >= 15 is 0 Å². The minimum Gasteiger partial charge on any atom is -0.462 e. The number of esters is 1. The molecule has 4 aliphatic rings. The van der Waals surface area contributed by atoms with Crippen LogP contribution in [0, 0.1) is 34.5 Å². The summed E-state index contributed by atoms with van der Waals surface area (Å²) in [6.45, 7) is 10.9. The topological polar surface area (TPSA) is 26.3 Å². The molecule has 3 unspecified atom stereocenters. The highest BCUT2D eigenvalue weighted by atomic mass is 127. The highest BCUT2D eigenvalue weighted by molar-refractivity contribution is 14.1. The van der Waals surface area contributed by atoms with Gasteiger partial charge in [0.2, 0.25) is 0 Å².